The summed E-state index contributed by atoms with van der Waals surface area (Å²) in [4.78, 5) is 3.38. The standard InChI is InChI=1S/C23H24FN3O4S/c1-32(29,30)27-22-12-15(6-9-19(22)24)23(28)14-25-10-11-31-16-7-8-18-17-4-2-3-5-20(17)26-21(18)13-16/h2-9,12-13,23,25-28H,10-11,14H2,1H3. The maximum absolute atomic E-state index is 13.8. The molecular weight excluding hydrogens is 433 g/mol. The summed E-state index contributed by atoms with van der Waals surface area (Å²) in [6.07, 6.45) is 0.00547. The molecule has 0 bridgehead atoms. The lowest BCUT2D eigenvalue weighted by Crippen LogP contribution is -2.26. The van der Waals surface area contributed by atoms with Crippen molar-refractivity contribution in [1.29, 1.82) is 0 Å². The SMILES string of the molecule is CS(=O)(=O)Nc1cc(C(O)CNCCOc2ccc3c(c2)[nH]c2ccccc23)ccc1F. The number of sulfonamides is 1. The van der Waals surface area contributed by atoms with Gasteiger partial charge in [-0.2, -0.15) is 0 Å². The van der Waals surface area contributed by atoms with Gasteiger partial charge in [-0.1, -0.05) is 24.3 Å². The van der Waals surface area contributed by atoms with Gasteiger partial charge < -0.3 is 20.1 Å². The topological polar surface area (TPSA) is 103 Å². The summed E-state index contributed by atoms with van der Waals surface area (Å²) in [5.74, 6) is 0.0288. The van der Waals surface area contributed by atoms with Crippen molar-refractivity contribution >= 4 is 37.5 Å². The van der Waals surface area contributed by atoms with Crippen LogP contribution in [-0.4, -0.2) is 44.5 Å². The number of aromatic nitrogens is 1. The van der Waals surface area contributed by atoms with Crippen LogP contribution in [0.15, 0.2) is 60.7 Å². The second kappa shape index (κ2) is 9.15. The van der Waals surface area contributed by atoms with Crippen molar-refractivity contribution < 1.29 is 22.7 Å². The number of aromatic amines is 1. The molecule has 3 aromatic carbocycles. The molecule has 168 valence electrons. The van der Waals surface area contributed by atoms with Crippen molar-refractivity contribution in [2.75, 3.05) is 30.7 Å². The minimum atomic E-state index is -3.62. The van der Waals surface area contributed by atoms with E-state index in [1.165, 1.54) is 17.5 Å². The number of H-pyrrole nitrogens is 1. The summed E-state index contributed by atoms with van der Waals surface area (Å²) >= 11 is 0. The maximum Gasteiger partial charge on any atom is 0.229 e. The molecule has 0 aliphatic carbocycles. The molecule has 1 atom stereocenters. The van der Waals surface area contributed by atoms with Crippen molar-refractivity contribution in [2.45, 2.75) is 6.10 Å². The zero-order chi connectivity index (χ0) is 22.7. The lowest BCUT2D eigenvalue weighted by molar-refractivity contribution is 0.172. The first-order valence-corrected chi connectivity index (χ1v) is 12.0. The van der Waals surface area contributed by atoms with Gasteiger partial charge in [0.05, 0.1) is 23.6 Å². The van der Waals surface area contributed by atoms with Crippen LogP contribution in [0.1, 0.15) is 11.7 Å². The number of hydrogen-bond donors (Lipinski definition) is 4. The predicted octanol–water partition coefficient (Wildman–Crippen LogP) is 3.53. The Hall–Kier alpha value is -3.14. The summed E-state index contributed by atoms with van der Waals surface area (Å²) in [6.45, 7) is 1.08. The number of fused-ring (bicyclic) bond motifs is 3. The van der Waals surface area contributed by atoms with Crippen LogP contribution < -0.4 is 14.8 Å². The summed E-state index contributed by atoms with van der Waals surface area (Å²) < 4.78 is 44.4. The first-order chi connectivity index (χ1) is 15.3. The Balaban J connectivity index is 1.29. The van der Waals surface area contributed by atoms with Crippen molar-refractivity contribution in [1.82, 2.24) is 10.3 Å². The third-order valence-electron chi connectivity index (χ3n) is 5.03. The number of rotatable bonds is 9. The molecule has 4 aromatic rings. The Morgan fingerprint density at radius 2 is 1.84 bits per heavy atom. The number of aliphatic hydroxyl groups excluding tert-OH is 1. The minimum absolute atomic E-state index is 0.195. The van der Waals surface area contributed by atoms with E-state index in [-0.39, 0.29) is 12.2 Å². The van der Waals surface area contributed by atoms with Crippen LogP contribution in [0.25, 0.3) is 21.8 Å². The number of hydrogen-bond acceptors (Lipinski definition) is 5. The third kappa shape index (κ3) is 5.18. The number of halogens is 1. The van der Waals surface area contributed by atoms with Crippen molar-refractivity contribution in [3.05, 3.63) is 72.0 Å². The van der Waals surface area contributed by atoms with Crippen LogP contribution in [0.5, 0.6) is 5.75 Å². The van der Waals surface area contributed by atoms with E-state index in [0.717, 1.165) is 34.5 Å². The van der Waals surface area contributed by atoms with Crippen LogP contribution in [0, 0.1) is 5.82 Å². The molecule has 4 rings (SSSR count). The normalized spacial score (nSPS) is 12.8. The molecule has 0 aliphatic heterocycles. The molecule has 0 radical (unpaired) electrons. The molecule has 0 spiro atoms. The summed E-state index contributed by atoms with van der Waals surface area (Å²) in [6, 6.07) is 17.8. The van der Waals surface area contributed by atoms with Gasteiger partial charge in [0.2, 0.25) is 10.0 Å². The van der Waals surface area contributed by atoms with Gasteiger partial charge in [0, 0.05) is 35.4 Å². The molecule has 1 aromatic heterocycles. The van der Waals surface area contributed by atoms with Crippen molar-refractivity contribution in [3.63, 3.8) is 0 Å². The van der Waals surface area contributed by atoms with E-state index in [1.54, 1.807) is 0 Å². The fourth-order valence-corrected chi connectivity index (χ4v) is 4.11. The fourth-order valence-electron chi connectivity index (χ4n) is 3.55. The zero-order valence-corrected chi connectivity index (χ0v) is 18.2. The van der Waals surface area contributed by atoms with Crippen molar-refractivity contribution in [3.8, 4) is 5.75 Å². The van der Waals surface area contributed by atoms with Gasteiger partial charge in [-0.3, -0.25) is 4.72 Å². The second-order valence-electron chi connectivity index (χ2n) is 7.56. The van der Waals surface area contributed by atoms with E-state index in [2.05, 4.69) is 21.1 Å². The number of nitrogens with one attached hydrogen (secondary N) is 3. The highest BCUT2D eigenvalue weighted by Crippen LogP contribution is 2.28. The van der Waals surface area contributed by atoms with Gasteiger partial charge >= 0.3 is 0 Å². The average Bonchev–Trinajstić information content (AvgIpc) is 3.11. The monoisotopic (exact) mass is 457 g/mol. The number of aliphatic hydroxyl groups is 1. The lowest BCUT2D eigenvalue weighted by Gasteiger charge is -2.14. The van der Waals surface area contributed by atoms with Gasteiger partial charge in [0.15, 0.2) is 0 Å². The Morgan fingerprint density at radius 3 is 2.66 bits per heavy atom. The number of para-hydroxylation sites is 1. The number of anilines is 1. The Labute approximate surface area is 185 Å². The first-order valence-electron chi connectivity index (χ1n) is 10.1. The molecule has 0 saturated carbocycles. The Bertz CT molecular complexity index is 1350. The number of benzene rings is 3. The average molecular weight is 458 g/mol. The minimum Gasteiger partial charge on any atom is -0.492 e. The van der Waals surface area contributed by atoms with E-state index < -0.39 is 21.9 Å². The molecule has 32 heavy (non-hydrogen) atoms. The molecule has 1 unspecified atom stereocenters. The van der Waals surface area contributed by atoms with Gasteiger partial charge in [-0.15, -0.1) is 0 Å². The molecule has 1 heterocycles. The first kappa shape index (κ1) is 22.1. The summed E-state index contributed by atoms with van der Waals surface area (Å²) in [5, 5.41) is 15.7. The Morgan fingerprint density at radius 1 is 1.06 bits per heavy atom. The largest absolute Gasteiger partial charge is 0.492 e. The van der Waals surface area contributed by atoms with Gasteiger partial charge in [-0.25, -0.2) is 12.8 Å². The highest BCUT2D eigenvalue weighted by molar-refractivity contribution is 7.92. The Kier molecular flexibility index (Phi) is 6.31. The fraction of sp³-hybridized carbons (Fsp3) is 0.217. The van der Waals surface area contributed by atoms with Crippen molar-refractivity contribution in [2.24, 2.45) is 0 Å². The number of ether oxygens (including phenoxy) is 1. The van der Waals surface area contributed by atoms with Gasteiger partial charge in [0.1, 0.15) is 18.2 Å². The molecule has 0 aliphatic rings. The molecule has 0 fully saturated rings. The molecule has 7 nitrogen and oxygen atoms in total. The van der Waals surface area contributed by atoms with E-state index in [4.69, 9.17) is 4.74 Å². The second-order valence-corrected chi connectivity index (χ2v) is 9.31. The zero-order valence-electron chi connectivity index (χ0n) is 17.4. The molecule has 0 saturated heterocycles. The smallest absolute Gasteiger partial charge is 0.229 e. The predicted molar refractivity (Wildman–Crippen MR) is 124 cm³/mol. The van der Waals surface area contributed by atoms with E-state index in [9.17, 15) is 17.9 Å². The van der Waals surface area contributed by atoms with Gasteiger partial charge in [-0.05, 0) is 35.9 Å². The van der Waals surface area contributed by atoms with E-state index in [0.29, 0.717) is 18.7 Å². The van der Waals surface area contributed by atoms with Crippen LogP contribution in [0.2, 0.25) is 0 Å². The molecule has 4 N–H and O–H groups in total. The van der Waals surface area contributed by atoms with Crippen LogP contribution >= 0.6 is 0 Å². The van der Waals surface area contributed by atoms with E-state index >= 15 is 0 Å². The third-order valence-corrected chi connectivity index (χ3v) is 5.62. The molecular formula is C23H24FN3O4S. The highest BCUT2D eigenvalue weighted by Gasteiger charge is 2.13. The van der Waals surface area contributed by atoms with Crippen LogP contribution in [-0.2, 0) is 10.0 Å². The molecule has 0 amide bonds. The van der Waals surface area contributed by atoms with Crippen LogP contribution in [0.3, 0.4) is 0 Å². The van der Waals surface area contributed by atoms with Crippen LogP contribution in [0.4, 0.5) is 10.1 Å². The lowest BCUT2D eigenvalue weighted by atomic mass is 10.1. The highest BCUT2D eigenvalue weighted by atomic mass is 32.2. The van der Waals surface area contributed by atoms with Gasteiger partial charge in [0.25, 0.3) is 0 Å². The quantitative estimate of drug-likeness (QED) is 0.288. The summed E-state index contributed by atoms with van der Waals surface area (Å²) in [7, 11) is -3.62. The molecule has 9 heteroatoms. The van der Waals surface area contributed by atoms with E-state index in [1.807, 2.05) is 36.4 Å². The maximum atomic E-state index is 13.8. The summed E-state index contributed by atoms with van der Waals surface area (Å²) in [5.41, 5.74) is 2.28.